The predicted octanol–water partition coefficient (Wildman–Crippen LogP) is 8.04. The third-order valence-corrected chi connectivity index (χ3v) is 7.75. The highest BCUT2D eigenvalue weighted by Crippen LogP contribution is 2.28. The van der Waals surface area contributed by atoms with Crippen molar-refractivity contribution in [2.24, 2.45) is 0 Å². The lowest BCUT2D eigenvalue weighted by Gasteiger charge is -2.11. The van der Waals surface area contributed by atoms with Gasteiger partial charge in [0.2, 0.25) is 5.91 Å². The number of hydrogen-bond donors (Lipinski definition) is 2. The summed E-state index contributed by atoms with van der Waals surface area (Å²) in [6.07, 6.45) is 2.51. The zero-order valence-corrected chi connectivity index (χ0v) is 27.1. The summed E-state index contributed by atoms with van der Waals surface area (Å²) < 4.78 is 5.33. The molecule has 0 bridgehead atoms. The lowest BCUT2D eigenvalue weighted by atomic mass is 10.0. The van der Waals surface area contributed by atoms with E-state index in [9.17, 15) is 19.7 Å². The number of fused-ring (bicyclic) bond motifs is 1. The van der Waals surface area contributed by atoms with E-state index in [0.29, 0.717) is 35.4 Å². The van der Waals surface area contributed by atoms with Gasteiger partial charge in [-0.05, 0) is 75.6 Å². The van der Waals surface area contributed by atoms with Gasteiger partial charge in [0.05, 0.1) is 21.7 Å². The van der Waals surface area contributed by atoms with Gasteiger partial charge in [-0.1, -0.05) is 65.5 Å². The monoisotopic (exact) mass is 637 g/mol. The molecule has 240 valence electrons. The van der Waals surface area contributed by atoms with Crippen molar-refractivity contribution in [3.05, 3.63) is 144 Å². The summed E-state index contributed by atoms with van der Waals surface area (Å²) >= 11 is 0. The second-order valence-corrected chi connectivity index (χ2v) is 11.7. The van der Waals surface area contributed by atoms with Crippen LogP contribution >= 0.6 is 0 Å². The van der Waals surface area contributed by atoms with E-state index >= 15 is 0 Å². The van der Waals surface area contributed by atoms with Crippen LogP contribution in [0.5, 0.6) is 0 Å². The van der Waals surface area contributed by atoms with Crippen molar-refractivity contribution in [2.45, 2.75) is 46.5 Å². The number of anilines is 2. The summed E-state index contributed by atoms with van der Waals surface area (Å²) in [7, 11) is 0. The number of rotatable bonds is 9. The number of benzene rings is 4. The second-order valence-electron chi connectivity index (χ2n) is 11.7. The third-order valence-electron chi connectivity index (χ3n) is 7.75. The Morgan fingerprint density at radius 2 is 1.38 bits per heavy atom. The van der Waals surface area contributed by atoms with Crippen molar-refractivity contribution in [3.63, 3.8) is 0 Å². The van der Waals surface area contributed by atoms with Crippen LogP contribution in [0.2, 0.25) is 0 Å². The molecule has 0 saturated carbocycles. The molecule has 8 heteroatoms. The highest BCUT2D eigenvalue weighted by Gasteiger charge is 2.17. The van der Waals surface area contributed by atoms with Gasteiger partial charge >= 0.3 is 5.63 Å². The Hall–Kier alpha value is -6.12. The van der Waals surface area contributed by atoms with Crippen LogP contribution in [0.25, 0.3) is 11.0 Å². The van der Waals surface area contributed by atoms with E-state index in [1.165, 1.54) is 18.2 Å². The van der Waals surface area contributed by atoms with Crippen LogP contribution in [0, 0.1) is 54.6 Å². The highest BCUT2D eigenvalue weighted by molar-refractivity contribution is 5.94. The van der Waals surface area contributed by atoms with Crippen LogP contribution in [0.1, 0.15) is 64.6 Å². The SMILES string of the molecule is Cc1ccc(C#Cc2cc([N+](=O)[O-])cc(C#Cc3ccc(C)cc3)c2NC(=O)CCCCCNc2ccc3c(C)cc(=O)oc3c2)cc1. The number of carbonyl (C=O) groups excluding carboxylic acids is 1. The Kier molecular flexibility index (Phi) is 10.7. The Bertz CT molecular complexity index is 2080. The quantitative estimate of drug-likeness (QED) is 0.0556. The molecule has 0 fully saturated rings. The first-order valence-corrected chi connectivity index (χ1v) is 15.7. The number of carbonyl (C=O) groups is 1. The molecule has 48 heavy (non-hydrogen) atoms. The predicted molar refractivity (Wildman–Crippen MR) is 190 cm³/mol. The highest BCUT2D eigenvalue weighted by atomic mass is 16.6. The zero-order chi connectivity index (χ0) is 34.0. The maximum absolute atomic E-state index is 13.2. The van der Waals surface area contributed by atoms with E-state index in [-0.39, 0.29) is 23.6 Å². The molecule has 0 saturated heterocycles. The molecule has 0 unspecified atom stereocenters. The van der Waals surface area contributed by atoms with Gasteiger partial charge in [0.1, 0.15) is 5.58 Å². The molecule has 1 aromatic heterocycles. The average molecular weight is 638 g/mol. The molecular formula is C40H35N3O5. The number of amides is 1. The van der Waals surface area contributed by atoms with E-state index in [1.807, 2.05) is 87.5 Å². The van der Waals surface area contributed by atoms with Gasteiger partial charge in [-0.3, -0.25) is 14.9 Å². The average Bonchev–Trinajstić information content (AvgIpc) is 3.06. The molecule has 0 spiro atoms. The molecule has 1 amide bonds. The maximum Gasteiger partial charge on any atom is 0.336 e. The Labute approximate surface area is 279 Å². The fourth-order valence-corrected chi connectivity index (χ4v) is 5.07. The summed E-state index contributed by atoms with van der Waals surface area (Å²) in [6.45, 7) is 6.52. The topological polar surface area (TPSA) is 114 Å². The fraction of sp³-hybridized carbons (Fsp3) is 0.200. The summed E-state index contributed by atoms with van der Waals surface area (Å²) in [4.78, 5) is 36.3. The van der Waals surface area contributed by atoms with Crippen LogP contribution < -0.4 is 16.3 Å². The molecular weight excluding hydrogens is 602 g/mol. The Balaban J connectivity index is 1.29. The molecule has 5 rings (SSSR count). The van der Waals surface area contributed by atoms with E-state index in [4.69, 9.17) is 4.42 Å². The number of non-ortho nitro benzene ring substituents is 1. The van der Waals surface area contributed by atoms with Crippen LogP contribution in [-0.4, -0.2) is 17.4 Å². The third kappa shape index (κ3) is 8.99. The smallest absolute Gasteiger partial charge is 0.336 e. The van der Waals surface area contributed by atoms with Crippen molar-refractivity contribution in [3.8, 4) is 23.7 Å². The Morgan fingerprint density at radius 1 is 0.771 bits per heavy atom. The molecule has 1 heterocycles. The number of nitro benzene ring substituents is 1. The maximum atomic E-state index is 13.2. The molecule has 0 aliphatic heterocycles. The van der Waals surface area contributed by atoms with E-state index < -0.39 is 4.92 Å². The first-order valence-electron chi connectivity index (χ1n) is 15.7. The van der Waals surface area contributed by atoms with E-state index in [2.05, 4.69) is 34.3 Å². The molecule has 0 aliphatic rings. The van der Waals surface area contributed by atoms with E-state index in [1.54, 1.807) is 0 Å². The first kappa shape index (κ1) is 33.2. The number of nitrogens with one attached hydrogen (secondary N) is 2. The minimum atomic E-state index is -0.484. The molecule has 8 nitrogen and oxygen atoms in total. The lowest BCUT2D eigenvalue weighted by Crippen LogP contribution is -2.14. The minimum Gasteiger partial charge on any atom is -0.423 e. The zero-order valence-electron chi connectivity index (χ0n) is 27.1. The van der Waals surface area contributed by atoms with Gasteiger partial charge in [0, 0.05) is 59.4 Å². The van der Waals surface area contributed by atoms with Crippen LogP contribution in [0.4, 0.5) is 17.1 Å². The normalized spacial score (nSPS) is 10.4. The second kappa shape index (κ2) is 15.4. The molecule has 4 aromatic carbocycles. The summed E-state index contributed by atoms with van der Waals surface area (Å²) in [5, 5.41) is 19.1. The first-order chi connectivity index (χ1) is 23.1. The van der Waals surface area contributed by atoms with Gasteiger partial charge in [0.15, 0.2) is 0 Å². The largest absolute Gasteiger partial charge is 0.423 e. The minimum absolute atomic E-state index is 0.161. The van der Waals surface area contributed by atoms with Crippen LogP contribution in [0.15, 0.2) is 94.1 Å². The van der Waals surface area contributed by atoms with Crippen molar-refractivity contribution < 1.29 is 14.1 Å². The molecule has 5 aromatic rings. The van der Waals surface area contributed by atoms with Crippen molar-refractivity contribution in [1.29, 1.82) is 0 Å². The van der Waals surface area contributed by atoms with Gasteiger partial charge in [-0.25, -0.2) is 4.79 Å². The molecule has 0 radical (unpaired) electrons. The van der Waals surface area contributed by atoms with Crippen molar-refractivity contribution in [2.75, 3.05) is 17.2 Å². The standard InChI is InChI=1S/C40H35N3O5/c1-27-8-12-30(13-9-27)16-18-32-24-35(43(46)47)25-33(19-17-31-14-10-28(2)11-15-31)40(32)42-38(44)7-5-4-6-22-41-34-20-21-36-29(3)23-39(45)48-37(36)26-34/h8-15,20-21,23-26,41H,4-7,22H2,1-3H3,(H,42,44). The van der Waals surface area contributed by atoms with Gasteiger partial charge in [-0.15, -0.1) is 0 Å². The van der Waals surface area contributed by atoms with Gasteiger partial charge in [-0.2, -0.15) is 0 Å². The number of hydrogen-bond acceptors (Lipinski definition) is 6. The van der Waals surface area contributed by atoms with Crippen LogP contribution in [-0.2, 0) is 4.79 Å². The van der Waals surface area contributed by atoms with E-state index in [0.717, 1.165) is 51.7 Å². The molecule has 0 aliphatic carbocycles. The number of unbranched alkanes of at least 4 members (excludes halogenated alkanes) is 2. The summed E-state index contributed by atoms with van der Waals surface area (Å²) in [5.41, 5.74) is 6.38. The molecule has 0 atom stereocenters. The van der Waals surface area contributed by atoms with Gasteiger partial charge < -0.3 is 15.1 Å². The summed E-state index contributed by atoms with van der Waals surface area (Å²) in [6, 6.07) is 25.2. The number of aryl methyl sites for hydroxylation is 3. The summed E-state index contributed by atoms with van der Waals surface area (Å²) in [5.74, 6) is 12.0. The number of nitrogens with zero attached hydrogens (tertiary/aromatic N) is 1. The van der Waals surface area contributed by atoms with Crippen molar-refractivity contribution in [1.82, 2.24) is 0 Å². The van der Waals surface area contributed by atoms with Crippen molar-refractivity contribution >= 4 is 33.9 Å². The van der Waals surface area contributed by atoms with Crippen LogP contribution in [0.3, 0.4) is 0 Å². The number of nitro groups is 1. The van der Waals surface area contributed by atoms with Gasteiger partial charge in [0.25, 0.3) is 5.69 Å². The fourth-order valence-electron chi connectivity index (χ4n) is 5.07. The molecule has 2 N–H and O–H groups in total. The Morgan fingerprint density at radius 3 is 1.96 bits per heavy atom. The lowest BCUT2D eigenvalue weighted by molar-refractivity contribution is -0.384.